The number of carbonyl (C=O) groups excluding carboxylic acids is 2. The number of aryl methyl sites for hydroxylation is 2. The molecule has 0 unspecified atom stereocenters. The number of aromatic nitrogens is 2. The van der Waals surface area contributed by atoms with Gasteiger partial charge < -0.3 is 0 Å². The maximum absolute atomic E-state index is 13.9. The lowest BCUT2D eigenvalue weighted by Gasteiger charge is -2.35. The first-order chi connectivity index (χ1) is 13.5. The quantitative estimate of drug-likeness (QED) is 0.576. The molecule has 0 radical (unpaired) electrons. The summed E-state index contributed by atoms with van der Waals surface area (Å²) in [4.78, 5) is 29.8. The molecule has 16 heteroatoms. The number of anilines is 2. The summed E-state index contributed by atoms with van der Waals surface area (Å²) < 4.78 is 111. The number of amides is 2. The molecule has 2 rings (SSSR count). The zero-order valence-corrected chi connectivity index (χ0v) is 16.3. The molecular formula is C14H10F8N4O2S2. The molecule has 0 fully saturated rings. The molecule has 2 amide bonds. The molecule has 30 heavy (non-hydrogen) atoms. The molecular weight excluding hydrogens is 472 g/mol. The first kappa shape index (κ1) is 23.9. The minimum absolute atomic E-state index is 0.177. The molecule has 0 atom stereocenters. The summed E-state index contributed by atoms with van der Waals surface area (Å²) in [5, 5.41) is 3.42. The lowest BCUT2D eigenvalue weighted by atomic mass is 9.97. The van der Waals surface area contributed by atoms with Gasteiger partial charge in [0.15, 0.2) is 10.3 Å². The highest BCUT2D eigenvalue weighted by molar-refractivity contribution is 7.14. The van der Waals surface area contributed by atoms with Crippen LogP contribution in [0, 0.1) is 13.8 Å². The van der Waals surface area contributed by atoms with Crippen LogP contribution in [0.4, 0.5) is 45.4 Å². The molecule has 2 N–H and O–H groups in total. The fourth-order valence-corrected chi connectivity index (χ4v) is 3.22. The average Bonchev–Trinajstić information content (AvgIpc) is 3.22. The Labute approximate surface area is 170 Å². The van der Waals surface area contributed by atoms with Crippen molar-refractivity contribution in [1.29, 1.82) is 0 Å². The van der Waals surface area contributed by atoms with E-state index in [2.05, 4.69) is 9.97 Å². The van der Waals surface area contributed by atoms with Crippen LogP contribution in [0.5, 0.6) is 0 Å². The van der Waals surface area contributed by atoms with Crippen molar-refractivity contribution in [2.24, 2.45) is 0 Å². The molecule has 0 aliphatic carbocycles. The van der Waals surface area contributed by atoms with Crippen molar-refractivity contribution in [3.05, 3.63) is 22.1 Å². The smallest absolute Gasteiger partial charge is 0.296 e. The van der Waals surface area contributed by atoms with Gasteiger partial charge in [-0.1, -0.05) is 0 Å². The second-order valence-corrected chi connectivity index (χ2v) is 7.51. The minimum Gasteiger partial charge on any atom is -0.296 e. The van der Waals surface area contributed by atoms with Crippen LogP contribution in [-0.4, -0.2) is 45.5 Å². The van der Waals surface area contributed by atoms with Gasteiger partial charge in [-0.15, -0.1) is 22.7 Å². The Balaban J connectivity index is 2.31. The number of hydrogen-bond acceptors (Lipinski definition) is 6. The van der Waals surface area contributed by atoms with Crippen molar-refractivity contribution in [3.63, 3.8) is 0 Å². The Morgan fingerprint density at radius 2 is 1.03 bits per heavy atom. The topological polar surface area (TPSA) is 84.0 Å². The molecule has 0 saturated heterocycles. The number of thiazole rings is 2. The Hall–Kier alpha value is -2.36. The zero-order chi connectivity index (χ0) is 23.1. The summed E-state index contributed by atoms with van der Waals surface area (Å²) in [5.74, 6) is -32.6. The summed E-state index contributed by atoms with van der Waals surface area (Å²) in [5.41, 5.74) is 0.354. The second-order valence-electron chi connectivity index (χ2n) is 5.79. The van der Waals surface area contributed by atoms with E-state index in [-0.39, 0.29) is 11.4 Å². The second kappa shape index (κ2) is 7.72. The summed E-state index contributed by atoms with van der Waals surface area (Å²) in [7, 11) is 0. The molecule has 166 valence electrons. The minimum atomic E-state index is -6.96. The summed E-state index contributed by atoms with van der Waals surface area (Å²) >= 11 is 0.998. The molecule has 0 aromatic carbocycles. The predicted molar refractivity (Wildman–Crippen MR) is 90.7 cm³/mol. The maximum Gasteiger partial charge on any atom is 0.393 e. The fourth-order valence-electron chi connectivity index (χ4n) is 1.85. The van der Waals surface area contributed by atoms with E-state index < -0.39 is 45.8 Å². The highest BCUT2D eigenvalue weighted by Crippen LogP contribution is 2.53. The summed E-state index contributed by atoms with van der Waals surface area (Å²) in [6.07, 6.45) is 0. The van der Waals surface area contributed by atoms with Crippen LogP contribution in [0.3, 0.4) is 0 Å². The van der Waals surface area contributed by atoms with E-state index >= 15 is 0 Å². The van der Waals surface area contributed by atoms with Crippen LogP contribution in [0.2, 0.25) is 0 Å². The van der Waals surface area contributed by atoms with Gasteiger partial charge in [0.2, 0.25) is 0 Å². The summed E-state index contributed by atoms with van der Waals surface area (Å²) in [6.45, 7) is 2.69. The van der Waals surface area contributed by atoms with Crippen LogP contribution < -0.4 is 10.6 Å². The van der Waals surface area contributed by atoms with Gasteiger partial charge >= 0.3 is 35.5 Å². The molecule has 0 aliphatic rings. The Morgan fingerprint density at radius 1 is 0.733 bits per heavy atom. The van der Waals surface area contributed by atoms with E-state index in [1.807, 2.05) is 0 Å². The first-order valence-corrected chi connectivity index (χ1v) is 9.28. The normalized spacial score (nSPS) is 13.3. The molecule has 2 aromatic rings. The lowest BCUT2D eigenvalue weighted by Crippen LogP contribution is -2.67. The third-order valence-corrected chi connectivity index (χ3v) is 5.18. The lowest BCUT2D eigenvalue weighted by molar-refractivity contribution is -0.345. The van der Waals surface area contributed by atoms with E-state index in [4.69, 9.17) is 0 Å². The van der Waals surface area contributed by atoms with Gasteiger partial charge in [0.1, 0.15) is 0 Å². The monoisotopic (exact) mass is 482 g/mol. The van der Waals surface area contributed by atoms with Crippen molar-refractivity contribution >= 4 is 44.8 Å². The standard InChI is InChI=1S/C14H10F8N4O2S2/c1-5-3-29-9(23-5)25-7(27)11(15,16)13(19,20)14(21,22)12(17,18)8(28)26-10-24-6(2)4-30-10/h3-4H,1-2H3,(H,23,25,27)(H,24,26,28). The van der Waals surface area contributed by atoms with Crippen LogP contribution in [0.25, 0.3) is 0 Å². The van der Waals surface area contributed by atoms with E-state index in [9.17, 15) is 44.7 Å². The third kappa shape index (κ3) is 3.97. The average molecular weight is 482 g/mol. The number of halogens is 8. The SMILES string of the molecule is Cc1csc(NC(=O)C(F)(F)C(F)(F)C(F)(F)C(F)(F)C(=O)Nc2nc(C)cs2)n1. The molecule has 2 aromatic heterocycles. The van der Waals surface area contributed by atoms with Gasteiger partial charge in [-0.2, -0.15) is 35.1 Å². The van der Waals surface area contributed by atoms with Gasteiger partial charge in [-0.3, -0.25) is 20.2 Å². The number of rotatable bonds is 7. The Bertz CT molecular complexity index is 883. The van der Waals surface area contributed by atoms with E-state index in [1.54, 1.807) is 0 Å². The Morgan fingerprint density at radius 3 is 1.27 bits per heavy atom. The zero-order valence-electron chi connectivity index (χ0n) is 14.7. The van der Waals surface area contributed by atoms with Crippen LogP contribution in [0.15, 0.2) is 10.8 Å². The van der Waals surface area contributed by atoms with Crippen LogP contribution in [-0.2, 0) is 9.59 Å². The number of alkyl halides is 8. The van der Waals surface area contributed by atoms with Crippen molar-refractivity contribution in [1.82, 2.24) is 9.97 Å². The van der Waals surface area contributed by atoms with Crippen LogP contribution >= 0.6 is 22.7 Å². The molecule has 0 aliphatic heterocycles. The summed E-state index contributed by atoms with van der Waals surface area (Å²) in [6, 6.07) is 0. The third-order valence-electron chi connectivity index (χ3n) is 3.43. The van der Waals surface area contributed by atoms with Crippen molar-refractivity contribution in [3.8, 4) is 0 Å². The number of nitrogens with one attached hydrogen (secondary N) is 2. The largest absolute Gasteiger partial charge is 0.393 e. The molecule has 2 heterocycles. The molecule has 0 bridgehead atoms. The van der Waals surface area contributed by atoms with Gasteiger partial charge in [-0.05, 0) is 13.8 Å². The molecule has 6 nitrogen and oxygen atoms in total. The van der Waals surface area contributed by atoms with Gasteiger partial charge in [-0.25, -0.2) is 9.97 Å². The maximum atomic E-state index is 13.9. The molecule has 0 spiro atoms. The Kier molecular flexibility index (Phi) is 6.15. The predicted octanol–water partition coefficient (Wildman–Crippen LogP) is 4.33. The van der Waals surface area contributed by atoms with Crippen molar-refractivity contribution in [2.45, 2.75) is 37.5 Å². The molecule has 0 saturated carbocycles. The highest BCUT2D eigenvalue weighted by Gasteiger charge is 2.84. The van der Waals surface area contributed by atoms with Crippen LogP contribution in [0.1, 0.15) is 11.4 Å². The van der Waals surface area contributed by atoms with Gasteiger partial charge in [0.25, 0.3) is 0 Å². The number of carbonyl (C=O) groups is 2. The van der Waals surface area contributed by atoms with Gasteiger partial charge in [0, 0.05) is 10.8 Å². The number of nitrogens with zero attached hydrogens (tertiary/aromatic N) is 2. The van der Waals surface area contributed by atoms with E-state index in [0.717, 1.165) is 10.6 Å². The van der Waals surface area contributed by atoms with E-state index in [0.29, 0.717) is 22.7 Å². The fraction of sp³-hybridized carbons (Fsp3) is 0.429. The van der Waals surface area contributed by atoms with Crippen molar-refractivity contribution in [2.75, 3.05) is 10.6 Å². The number of hydrogen-bond donors (Lipinski definition) is 2. The highest BCUT2D eigenvalue weighted by atomic mass is 32.1. The van der Waals surface area contributed by atoms with Crippen molar-refractivity contribution < 1.29 is 44.7 Å². The van der Waals surface area contributed by atoms with E-state index in [1.165, 1.54) is 24.6 Å². The first-order valence-electron chi connectivity index (χ1n) is 7.52. The van der Waals surface area contributed by atoms with Gasteiger partial charge in [0.05, 0.1) is 11.4 Å².